The Bertz CT molecular complexity index is 508. The number of ether oxygens (including phenoxy) is 1. The van der Waals surface area contributed by atoms with Gasteiger partial charge >= 0.3 is 5.69 Å². The maximum atomic E-state index is 11.8. The molecule has 18 heavy (non-hydrogen) atoms. The van der Waals surface area contributed by atoms with E-state index in [2.05, 4.69) is 4.98 Å². The minimum atomic E-state index is -0.572. The van der Waals surface area contributed by atoms with Gasteiger partial charge in [0.2, 0.25) is 0 Å². The number of hydrogen-bond acceptors (Lipinski definition) is 6. The van der Waals surface area contributed by atoms with Crippen LogP contribution in [0.1, 0.15) is 0 Å². The molecule has 0 radical (unpaired) electrons. The van der Waals surface area contributed by atoms with Crippen LogP contribution in [0, 0.1) is 0 Å². The molecule has 1 rings (SSSR count). The summed E-state index contributed by atoms with van der Waals surface area (Å²) in [5, 5.41) is 9.00. The minimum absolute atomic E-state index is 0.0632. The standard InChI is InChI=1S/C10H18N4O4/c1-13-8(11)7(9(16)12-10(13)17)14(3-5-15)4-6-18-2/h15H,3-6,11H2,1-2H3,(H,12,16,17). The highest BCUT2D eigenvalue weighted by atomic mass is 16.5. The van der Waals surface area contributed by atoms with Crippen molar-refractivity contribution in [1.82, 2.24) is 9.55 Å². The van der Waals surface area contributed by atoms with Crippen molar-refractivity contribution in [2.24, 2.45) is 7.05 Å². The first kappa shape index (κ1) is 14.3. The highest BCUT2D eigenvalue weighted by Crippen LogP contribution is 2.14. The van der Waals surface area contributed by atoms with Crippen LogP contribution >= 0.6 is 0 Å². The van der Waals surface area contributed by atoms with Gasteiger partial charge in [-0.15, -0.1) is 0 Å². The summed E-state index contributed by atoms with van der Waals surface area (Å²) in [6.07, 6.45) is 0. The van der Waals surface area contributed by atoms with Gasteiger partial charge in [0, 0.05) is 27.2 Å². The summed E-state index contributed by atoms with van der Waals surface area (Å²) >= 11 is 0. The van der Waals surface area contributed by atoms with E-state index in [0.717, 1.165) is 4.57 Å². The zero-order chi connectivity index (χ0) is 13.7. The summed E-state index contributed by atoms with van der Waals surface area (Å²) in [5.41, 5.74) is 4.79. The second-order valence-corrected chi connectivity index (χ2v) is 3.76. The zero-order valence-corrected chi connectivity index (χ0v) is 10.5. The Morgan fingerprint density at radius 2 is 2.11 bits per heavy atom. The van der Waals surface area contributed by atoms with Crippen LogP contribution < -0.4 is 21.9 Å². The van der Waals surface area contributed by atoms with Gasteiger partial charge in [0.15, 0.2) is 0 Å². The molecule has 0 unspecified atom stereocenters. The van der Waals surface area contributed by atoms with Crippen LogP contribution in [0.15, 0.2) is 9.59 Å². The van der Waals surface area contributed by atoms with E-state index in [0.29, 0.717) is 13.2 Å². The van der Waals surface area contributed by atoms with Gasteiger partial charge in [0.1, 0.15) is 11.5 Å². The predicted molar refractivity (Wildman–Crippen MR) is 67.9 cm³/mol. The number of anilines is 2. The van der Waals surface area contributed by atoms with Crippen molar-refractivity contribution in [3.8, 4) is 0 Å². The fourth-order valence-corrected chi connectivity index (χ4v) is 1.59. The monoisotopic (exact) mass is 258 g/mol. The van der Waals surface area contributed by atoms with Crippen molar-refractivity contribution in [3.63, 3.8) is 0 Å². The Labute approximate surface area is 104 Å². The van der Waals surface area contributed by atoms with Crippen LogP contribution in [0.25, 0.3) is 0 Å². The van der Waals surface area contributed by atoms with E-state index in [9.17, 15) is 9.59 Å². The number of H-pyrrole nitrogens is 1. The van der Waals surface area contributed by atoms with E-state index in [1.54, 1.807) is 4.90 Å². The molecule has 8 nitrogen and oxygen atoms in total. The van der Waals surface area contributed by atoms with E-state index < -0.39 is 11.2 Å². The molecule has 0 saturated carbocycles. The van der Waals surface area contributed by atoms with Gasteiger partial charge < -0.3 is 20.5 Å². The Hall–Kier alpha value is -1.80. The number of nitrogens with zero attached hydrogens (tertiary/aromatic N) is 2. The second kappa shape index (κ2) is 6.22. The Balaban J connectivity index is 3.23. The van der Waals surface area contributed by atoms with E-state index in [1.807, 2.05) is 0 Å². The molecule has 0 aliphatic carbocycles. The molecule has 0 fully saturated rings. The maximum absolute atomic E-state index is 11.8. The molecule has 0 saturated heterocycles. The highest BCUT2D eigenvalue weighted by Gasteiger charge is 2.16. The Morgan fingerprint density at radius 3 is 2.67 bits per heavy atom. The average Bonchev–Trinajstić information content (AvgIpc) is 2.33. The summed E-state index contributed by atoms with van der Waals surface area (Å²) in [6.45, 7) is 0.866. The van der Waals surface area contributed by atoms with Crippen molar-refractivity contribution < 1.29 is 9.84 Å². The number of nitrogens with two attached hydrogens (primary N) is 1. The van der Waals surface area contributed by atoms with Crippen molar-refractivity contribution in [2.75, 3.05) is 44.0 Å². The lowest BCUT2D eigenvalue weighted by Crippen LogP contribution is -2.40. The molecule has 1 aromatic heterocycles. The molecule has 0 bridgehead atoms. The summed E-state index contributed by atoms with van der Waals surface area (Å²) < 4.78 is 6.08. The molecule has 0 spiro atoms. The van der Waals surface area contributed by atoms with Gasteiger partial charge in [0.05, 0.1) is 13.2 Å². The topological polar surface area (TPSA) is 114 Å². The van der Waals surface area contributed by atoms with Gasteiger partial charge in [-0.2, -0.15) is 0 Å². The van der Waals surface area contributed by atoms with E-state index in [1.165, 1.54) is 14.2 Å². The van der Waals surface area contributed by atoms with E-state index in [4.69, 9.17) is 15.6 Å². The summed E-state index contributed by atoms with van der Waals surface area (Å²) in [5.74, 6) is 0.0632. The summed E-state index contributed by atoms with van der Waals surface area (Å²) in [4.78, 5) is 26.9. The normalized spacial score (nSPS) is 10.6. The molecule has 1 aromatic rings. The molecule has 4 N–H and O–H groups in total. The first-order valence-corrected chi connectivity index (χ1v) is 5.46. The number of hydrogen-bond donors (Lipinski definition) is 3. The van der Waals surface area contributed by atoms with Gasteiger partial charge in [0.25, 0.3) is 5.56 Å². The van der Waals surface area contributed by atoms with E-state index in [-0.39, 0.29) is 24.7 Å². The van der Waals surface area contributed by atoms with Crippen LogP contribution in [0.3, 0.4) is 0 Å². The third kappa shape index (κ3) is 2.90. The van der Waals surface area contributed by atoms with Crippen molar-refractivity contribution in [2.45, 2.75) is 0 Å². The molecular formula is C10H18N4O4. The average molecular weight is 258 g/mol. The van der Waals surface area contributed by atoms with Gasteiger partial charge in [-0.05, 0) is 0 Å². The molecule has 0 amide bonds. The number of methoxy groups -OCH3 is 1. The molecule has 0 aromatic carbocycles. The molecule has 102 valence electrons. The molecule has 0 aliphatic heterocycles. The molecule has 1 heterocycles. The summed E-state index contributed by atoms with van der Waals surface area (Å²) in [6, 6.07) is 0. The van der Waals surface area contributed by atoms with Crippen LogP contribution in [-0.2, 0) is 11.8 Å². The second-order valence-electron chi connectivity index (χ2n) is 3.76. The van der Waals surface area contributed by atoms with Crippen molar-refractivity contribution in [3.05, 3.63) is 20.8 Å². The largest absolute Gasteiger partial charge is 0.395 e. The first-order valence-electron chi connectivity index (χ1n) is 5.46. The number of aromatic amines is 1. The number of rotatable bonds is 6. The molecular weight excluding hydrogens is 240 g/mol. The van der Waals surface area contributed by atoms with Crippen LogP contribution in [0.4, 0.5) is 11.5 Å². The van der Waals surface area contributed by atoms with Crippen molar-refractivity contribution in [1.29, 1.82) is 0 Å². The third-order valence-electron chi connectivity index (χ3n) is 2.60. The maximum Gasteiger partial charge on any atom is 0.329 e. The lowest BCUT2D eigenvalue weighted by atomic mass is 10.3. The predicted octanol–water partition coefficient (Wildman–Crippen LogP) is -1.90. The molecule has 0 aliphatic rings. The Morgan fingerprint density at radius 1 is 1.44 bits per heavy atom. The van der Waals surface area contributed by atoms with Gasteiger partial charge in [-0.1, -0.05) is 0 Å². The lowest BCUT2D eigenvalue weighted by molar-refractivity contribution is 0.203. The summed E-state index contributed by atoms with van der Waals surface area (Å²) in [7, 11) is 3.00. The highest BCUT2D eigenvalue weighted by molar-refractivity contribution is 5.62. The number of aliphatic hydroxyl groups is 1. The zero-order valence-electron chi connectivity index (χ0n) is 10.5. The molecule has 8 heteroatoms. The fraction of sp³-hybridized carbons (Fsp3) is 0.600. The lowest BCUT2D eigenvalue weighted by Gasteiger charge is -2.24. The van der Waals surface area contributed by atoms with E-state index >= 15 is 0 Å². The minimum Gasteiger partial charge on any atom is -0.395 e. The first-order chi connectivity index (χ1) is 8.52. The number of nitrogen functional groups attached to an aromatic ring is 1. The van der Waals surface area contributed by atoms with Crippen molar-refractivity contribution >= 4 is 11.5 Å². The van der Waals surface area contributed by atoms with Crippen LogP contribution in [0.5, 0.6) is 0 Å². The van der Waals surface area contributed by atoms with Crippen LogP contribution in [0.2, 0.25) is 0 Å². The number of aliphatic hydroxyl groups excluding tert-OH is 1. The fourth-order valence-electron chi connectivity index (χ4n) is 1.59. The van der Waals surface area contributed by atoms with Gasteiger partial charge in [-0.25, -0.2) is 4.79 Å². The van der Waals surface area contributed by atoms with Gasteiger partial charge in [-0.3, -0.25) is 14.3 Å². The van der Waals surface area contributed by atoms with Crippen LogP contribution in [-0.4, -0.2) is 48.1 Å². The number of nitrogens with one attached hydrogen (secondary N) is 1. The Kier molecular flexibility index (Phi) is 4.93. The third-order valence-corrected chi connectivity index (χ3v) is 2.60. The smallest absolute Gasteiger partial charge is 0.329 e. The molecule has 0 atom stereocenters. The SMILES string of the molecule is COCCN(CCO)c1c(N)n(C)c(=O)[nH]c1=O. The quantitative estimate of drug-likeness (QED) is 0.549. The number of aromatic nitrogens is 2.